The summed E-state index contributed by atoms with van der Waals surface area (Å²) >= 11 is 5.75. The molecular weight excluding hydrogens is 242 g/mol. The number of benzene rings is 1. The molecule has 1 unspecified atom stereocenters. The molecule has 1 aromatic carbocycles. The van der Waals surface area contributed by atoms with Gasteiger partial charge in [-0.1, -0.05) is 23.7 Å². The highest BCUT2D eigenvalue weighted by molar-refractivity contribution is 6.30. The van der Waals surface area contributed by atoms with Gasteiger partial charge in [-0.25, -0.2) is 4.79 Å². The number of nitrogens with zero attached hydrogens (tertiary/aromatic N) is 1. The maximum Gasteiger partial charge on any atom is 0.331 e. The van der Waals surface area contributed by atoms with Gasteiger partial charge in [-0.3, -0.25) is 4.79 Å². The van der Waals surface area contributed by atoms with Crippen molar-refractivity contribution in [3.05, 3.63) is 34.9 Å². The number of amides is 1. The van der Waals surface area contributed by atoms with Crippen LogP contribution in [-0.2, 0) is 9.59 Å². The van der Waals surface area contributed by atoms with E-state index in [0.29, 0.717) is 17.0 Å². The van der Waals surface area contributed by atoms with Crippen LogP contribution in [0.4, 0.5) is 0 Å². The highest BCUT2D eigenvalue weighted by atomic mass is 35.5. The van der Waals surface area contributed by atoms with E-state index in [1.54, 1.807) is 24.3 Å². The van der Waals surface area contributed by atoms with Crippen LogP contribution in [0.3, 0.4) is 0 Å². The summed E-state index contributed by atoms with van der Waals surface area (Å²) in [5.74, 6) is -1.02. The van der Waals surface area contributed by atoms with Gasteiger partial charge < -0.3 is 10.0 Å². The van der Waals surface area contributed by atoms with Crippen LogP contribution in [0.25, 0.3) is 0 Å². The Bertz CT molecular complexity index is 428. The Morgan fingerprint density at radius 1 is 1.41 bits per heavy atom. The van der Waals surface area contributed by atoms with Gasteiger partial charge in [0.1, 0.15) is 0 Å². The zero-order valence-corrected chi connectivity index (χ0v) is 9.80. The molecule has 1 atom stereocenters. The number of halogens is 1. The van der Waals surface area contributed by atoms with E-state index in [4.69, 9.17) is 11.6 Å². The summed E-state index contributed by atoms with van der Waals surface area (Å²) in [5, 5.41) is 9.78. The Morgan fingerprint density at radius 3 is 2.41 bits per heavy atom. The molecule has 0 heterocycles. The van der Waals surface area contributed by atoms with E-state index >= 15 is 0 Å². The first kappa shape index (κ1) is 11.9. The zero-order valence-electron chi connectivity index (χ0n) is 9.04. The Labute approximate surface area is 104 Å². The van der Waals surface area contributed by atoms with Crippen molar-refractivity contribution in [2.24, 2.45) is 0 Å². The number of hydrogen-bond acceptors (Lipinski definition) is 2. The van der Waals surface area contributed by atoms with Gasteiger partial charge in [-0.2, -0.15) is 0 Å². The van der Waals surface area contributed by atoms with Crippen LogP contribution in [0.1, 0.15) is 24.4 Å². The van der Waals surface area contributed by atoms with E-state index in [1.165, 1.54) is 4.90 Å². The topological polar surface area (TPSA) is 57.6 Å². The van der Waals surface area contributed by atoms with E-state index in [0.717, 1.165) is 12.8 Å². The summed E-state index contributed by atoms with van der Waals surface area (Å²) in [4.78, 5) is 23.7. The second kappa shape index (κ2) is 4.75. The molecule has 1 aromatic rings. The molecule has 1 amide bonds. The lowest BCUT2D eigenvalue weighted by atomic mass is 10.1. The predicted molar refractivity (Wildman–Crippen MR) is 62.8 cm³/mol. The molecule has 0 radical (unpaired) electrons. The van der Waals surface area contributed by atoms with E-state index in [9.17, 15) is 14.7 Å². The zero-order chi connectivity index (χ0) is 12.4. The van der Waals surface area contributed by atoms with Crippen LogP contribution in [0.15, 0.2) is 24.3 Å². The first-order chi connectivity index (χ1) is 8.13. The maximum absolute atomic E-state index is 11.3. The molecule has 0 aliphatic heterocycles. The molecular formula is C12H12ClNO3. The Kier molecular flexibility index (Phi) is 3.33. The molecule has 1 N–H and O–H groups in total. The third-order valence-electron chi connectivity index (χ3n) is 2.81. The molecule has 4 nitrogen and oxygen atoms in total. The Hall–Kier alpha value is -1.55. The molecule has 1 fully saturated rings. The molecule has 90 valence electrons. The summed E-state index contributed by atoms with van der Waals surface area (Å²) in [7, 11) is 0. The highest BCUT2D eigenvalue weighted by Gasteiger charge is 2.37. The van der Waals surface area contributed by atoms with Gasteiger partial charge >= 0.3 is 5.97 Å². The van der Waals surface area contributed by atoms with E-state index < -0.39 is 12.0 Å². The molecule has 17 heavy (non-hydrogen) atoms. The lowest BCUT2D eigenvalue weighted by molar-refractivity contribution is -0.147. The van der Waals surface area contributed by atoms with Crippen LogP contribution in [-0.4, -0.2) is 28.4 Å². The molecule has 0 aromatic heterocycles. The molecule has 5 heteroatoms. The van der Waals surface area contributed by atoms with E-state index in [2.05, 4.69) is 0 Å². The molecule has 0 saturated heterocycles. The van der Waals surface area contributed by atoms with E-state index in [1.807, 2.05) is 0 Å². The number of rotatable bonds is 5. The van der Waals surface area contributed by atoms with Gasteiger partial charge in [0.15, 0.2) is 6.04 Å². The quantitative estimate of drug-likeness (QED) is 0.818. The van der Waals surface area contributed by atoms with Crippen molar-refractivity contribution >= 4 is 24.0 Å². The van der Waals surface area contributed by atoms with Gasteiger partial charge in [0.2, 0.25) is 6.41 Å². The number of aliphatic carboxylic acids is 1. The third-order valence-corrected chi connectivity index (χ3v) is 3.06. The molecule has 2 rings (SSSR count). The minimum absolute atomic E-state index is 0.0595. The van der Waals surface area contributed by atoms with Crippen LogP contribution < -0.4 is 0 Å². The van der Waals surface area contributed by atoms with Crippen molar-refractivity contribution < 1.29 is 14.7 Å². The standard InChI is InChI=1S/C12H12ClNO3/c13-9-3-1-8(2-4-9)11(12(16)17)14(7-15)10-5-6-10/h1-4,7,10-11H,5-6H2,(H,16,17). The fourth-order valence-electron chi connectivity index (χ4n) is 1.82. The SMILES string of the molecule is O=CN(C1CC1)C(C(=O)O)c1ccc(Cl)cc1. The second-order valence-corrected chi connectivity index (χ2v) is 4.51. The molecule has 1 aliphatic rings. The van der Waals surface area contributed by atoms with Crippen molar-refractivity contribution in [3.63, 3.8) is 0 Å². The minimum atomic E-state index is -1.02. The van der Waals surface area contributed by atoms with Gasteiger partial charge in [-0.05, 0) is 30.5 Å². The van der Waals surface area contributed by atoms with Crippen molar-refractivity contribution in [1.29, 1.82) is 0 Å². The fourth-order valence-corrected chi connectivity index (χ4v) is 1.94. The van der Waals surface area contributed by atoms with Crippen LogP contribution in [0, 0.1) is 0 Å². The van der Waals surface area contributed by atoms with Crippen LogP contribution in [0.5, 0.6) is 0 Å². The predicted octanol–water partition coefficient (Wildman–Crippen LogP) is 2.09. The lowest BCUT2D eigenvalue weighted by Gasteiger charge is -2.25. The average Bonchev–Trinajstić information content (AvgIpc) is 3.11. The number of hydrogen-bond donors (Lipinski definition) is 1. The fraction of sp³-hybridized carbons (Fsp3) is 0.333. The lowest BCUT2D eigenvalue weighted by Crippen LogP contribution is -2.34. The van der Waals surface area contributed by atoms with Crippen molar-refractivity contribution in [1.82, 2.24) is 4.90 Å². The van der Waals surface area contributed by atoms with Crippen molar-refractivity contribution in [2.75, 3.05) is 0 Å². The molecule has 0 bridgehead atoms. The molecule has 0 spiro atoms. The number of carboxylic acids is 1. The smallest absolute Gasteiger partial charge is 0.331 e. The summed E-state index contributed by atoms with van der Waals surface area (Å²) in [5.41, 5.74) is 0.570. The van der Waals surface area contributed by atoms with Crippen LogP contribution in [0.2, 0.25) is 5.02 Å². The summed E-state index contributed by atoms with van der Waals surface area (Å²) in [6.07, 6.45) is 2.36. The summed E-state index contributed by atoms with van der Waals surface area (Å²) in [6, 6.07) is 5.67. The second-order valence-electron chi connectivity index (χ2n) is 4.08. The first-order valence-electron chi connectivity index (χ1n) is 5.34. The third kappa shape index (κ3) is 2.58. The highest BCUT2D eigenvalue weighted by Crippen LogP contribution is 2.33. The normalized spacial score (nSPS) is 16.3. The Balaban J connectivity index is 2.30. The van der Waals surface area contributed by atoms with Gasteiger partial charge in [0.05, 0.1) is 0 Å². The van der Waals surface area contributed by atoms with E-state index in [-0.39, 0.29) is 6.04 Å². The van der Waals surface area contributed by atoms with Crippen molar-refractivity contribution in [3.8, 4) is 0 Å². The monoisotopic (exact) mass is 253 g/mol. The van der Waals surface area contributed by atoms with Gasteiger partial charge in [0.25, 0.3) is 0 Å². The summed E-state index contributed by atoms with van der Waals surface area (Å²) < 4.78 is 0. The van der Waals surface area contributed by atoms with Gasteiger partial charge in [-0.15, -0.1) is 0 Å². The maximum atomic E-state index is 11.3. The largest absolute Gasteiger partial charge is 0.479 e. The van der Waals surface area contributed by atoms with Crippen LogP contribution >= 0.6 is 11.6 Å². The van der Waals surface area contributed by atoms with Crippen molar-refractivity contribution in [2.45, 2.75) is 24.9 Å². The average molecular weight is 254 g/mol. The number of carbonyl (C=O) groups is 2. The first-order valence-corrected chi connectivity index (χ1v) is 5.72. The molecule has 1 saturated carbocycles. The van der Waals surface area contributed by atoms with Gasteiger partial charge in [0, 0.05) is 11.1 Å². The Morgan fingerprint density at radius 2 is 2.00 bits per heavy atom. The number of carboxylic acid groups (broad SMARTS) is 1. The molecule has 1 aliphatic carbocycles. The number of carbonyl (C=O) groups excluding carboxylic acids is 1. The summed E-state index contributed by atoms with van der Waals surface area (Å²) in [6.45, 7) is 0. The minimum Gasteiger partial charge on any atom is -0.479 e.